The summed E-state index contributed by atoms with van der Waals surface area (Å²) in [6, 6.07) is 1.59. The minimum absolute atomic E-state index is 0.321. The number of hydrogen-bond acceptors (Lipinski definition) is 1. The van der Waals surface area contributed by atoms with Crippen LogP contribution in [-0.2, 0) is 5.41 Å². The Labute approximate surface area is 70.4 Å². The van der Waals surface area contributed by atoms with Gasteiger partial charge >= 0.3 is 0 Å². The SMILES string of the molecule is CC(C)(C)c1cc[nH]c(=O)c1F. The summed E-state index contributed by atoms with van der Waals surface area (Å²) in [5.41, 5.74) is -0.521. The van der Waals surface area contributed by atoms with Crippen LogP contribution in [0, 0.1) is 5.82 Å². The highest BCUT2D eigenvalue weighted by Gasteiger charge is 2.19. The number of pyridine rings is 1. The third kappa shape index (κ3) is 1.55. The van der Waals surface area contributed by atoms with Gasteiger partial charge in [0.1, 0.15) is 0 Å². The smallest absolute Gasteiger partial charge is 0.284 e. The van der Waals surface area contributed by atoms with Crippen molar-refractivity contribution in [1.82, 2.24) is 4.98 Å². The van der Waals surface area contributed by atoms with Crippen molar-refractivity contribution < 1.29 is 4.39 Å². The first-order valence-corrected chi connectivity index (χ1v) is 3.80. The molecule has 1 heterocycles. The average molecular weight is 169 g/mol. The van der Waals surface area contributed by atoms with E-state index < -0.39 is 11.4 Å². The molecule has 0 unspecified atom stereocenters. The molecule has 0 atom stereocenters. The van der Waals surface area contributed by atoms with Gasteiger partial charge < -0.3 is 4.98 Å². The van der Waals surface area contributed by atoms with Crippen LogP contribution in [0.5, 0.6) is 0 Å². The van der Waals surface area contributed by atoms with Crippen LogP contribution in [0.4, 0.5) is 4.39 Å². The topological polar surface area (TPSA) is 32.9 Å². The number of rotatable bonds is 0. The lowest BCUT2D eigenvalue weighted by atomic mass is 9.87. The molecule has 0 aliphatic carbocycles. The summed E-state index contributed by atoms with van der Waals surface area (Å²) in [5, 5.41) is 0. The molecule has 0 fully saturated rings. The number of hydrogen-bond donors (Lipinski definition) is 1. The summed E-state index contributed by atoms with van der Waals surface area (Å²) >= 11 is 0. The molecule has 0 amide bonds. The fraction of sp³-hybridized carbons (Fsp3) is 0.444. The van der Waals surface area contributed by atoms with Gasteiger partial charge in [-0.1, -0.05) is 20.8 Å². The van der Waals surface area contributed by atoms with E-state index in [1.165, 1.54) is 6.20 Å². The molecule has 1 aromatic rings. The summed E-state index contributed by atoms with van der Waals surface area (Å²) < 4.78 is 13.2. The van der Waals surface area contributed by atoms with Gasteiger partial charge in [-0.15, -0.1) is 0 Å². The molecule has 3 heteroatoms. The van der Waals surface area contributed by atoms with Crippen molar-refractivity contribution in [3.63, 3.8) is 0 Å². The Morgan fingerprint density at radius 2 is 2.00 bits per heavy atom. The van der Waals surface area contributed by atoms with E-state index in [0.29, 0.717) is 5.56 Å². The van der Waals surface area contributed by atoms with Gasteiger partial charge in [0.25, 0.3) is 5.56 Å². The maximum absolute atomic E-state index is 13.2. The normalized spacial score (nSPS) is 11.7. The first kappa shape index (κ1) is 8.97. The van der Waals surface area contributed by atoms with Crippen LogP contribution < -0.4 is 5.56 Å². The maximum atomic E-state index is 13.2. The Kier molecular flexibility index (Phi) is 2.04. The molecule has 2 nitrogen and oxygen atoms in total. The van der Waals surface area contributed by atoms with Crippen LogP contribution in [0.3, 0.4) is 0 Å². The molecule has 0 saturated heterocycles. The predicted molar refractivity (Wildman–Crippen MR) is 45.7 cm³/mol. The van der Waals surface area contributed by atoms with Gasteiger partial charge in [-0.2, -0.15) is 0 Å². The monoisotopic (exact) mass is 169 g/mol. The minimum Gasteiger partial charge on any atom is -0.327 e. The Hall–Kier alpha value is -1.12. The van der Waals surface area contributed by atoms with E-state index in [4.69, 9.17) is 0 Å². The van der Waals surface area contributed by atoms with E-state index in [2.05, 4.69) is 4.98 Å². The first-order valence-electron chi connectivity index (χ1n) is 3.80. The summed E-state index contributed by atoms with van der Waals surface area (Å²) in [4.78, 5) is 13.1. The second-order valence-corrected chi connectivity index (χ2v) is 3.78. The van der Waals surface area contributed by atoms with Gasteiger partial charge in [0.15, 0.2) is 5.82 Å². The molecule has 0 spiro atoms. The molecule has 0 aliphatic heterocycles. The lowest BCUT2D eigenvalue weighted by molar-refractivity contribution is 0.512. The van der Waals surface area contributed by atoms with E-state index in [-0.39, 0.29) is 5.41 Å². The Morgan fingerprint density at radius 3 is 2.42 bits per heavy atom. The number of nitrogens with one attached hydrogen (secondary N) is 1. The molecule has 12 heavy (non-hydrogen) atoms. The third-order valence-electron chi connectivity index (χ3n) is 1.71. The van der Waals surface area contributed by atoms with Crippen LogP contribution in [0.2, 0.25) is 0 Å². The first-order chi connectivity index (χ1) is 5.43. The third-order valence-corrected chi connectivity index (χ3v) is 1.71. The van der Waals surface area contributed by atoms with Crippen LogP contribution in [0.25, 0.3) is 0 Å². The van der Waals surface area contributed by atoms with Crippen LogP contribution in [0.15, 0.2) is 17.1 Å². The van der Waals surface area contributed by atoms with Gasteiger partial charge in [-0.3, -0.25) is 4.79 Å². The van der Waals surface area contributed by atoms with Crippen molar-refractivity contribution in [3.8, 4) is 0 Å². The Balaban J connectivity index is 3.36. The summed E-state index contributed by atoms with van der Waals surface area (Å²) in [7, 11) is 0. The fourth-order valence-corrected chi connectivity index (χ4v) is 1.04. The molecule has 66 valence electrons. The molecule has 1 N–H and O–H groups in total. The van der Waals surface area contributed by atoms with Crippen molar-refractivity contribution in [3.05, 3.63) is 34.0 Å². The van der Waals surface area contributed by atoms with Gasteiger partial charge in [0.05, 0.1) is 0 Å². The zero-order chi connectivity index (χ0) is 9.35. The molecular weight excluding hydrogens is 157 g/mol. The van der Waals surface area contributed by atoms with Crippen molar-refractivity contribution >= 4 is 0 Å². The molecule has 0 aliphatic rings. The largest absolute Gasteiger partial charge is 0.327 e. The van der Waals surface area contributed by atoms with E-state index >= 15 is 0 Å². The lowest BCUT2D eigenvalue weighted by Gasteiger charge is -2.18. The highest BCUT2D eigenvalue weighted by atomic mass is 19.1. The number of H-pyrrole nitrogens is 1. The average Bonchev–Trinajstić information content (AvgIpc) is 1.92. The Morgan fingerprint density at radius 1 is 1.42 bits per heavy atom. The molecule has 0 aromatic carbocycles. The van der Waals surface area contributed by atoms with Gasteiger partial charge in [0.2, 0.25) is 0 Å². The molecule has 0 radical (unpaired) electrons. The van der Waals surface area contributed by atoms with Gasteiger partial charge in [-0.25, -0.2) is 4.39 Å². The molecule has 0 bridgehead atoms. The summed E-state index contributed by atoms with van der Waals surface area (Å²) in [5.74, 6) is -0.676. The summed E-state index contributed by atoms with van der Waals surface area (Å²) in [6.45, 7) is 5.60. The number of halogens is 1. The standard InChI is InChI=1S/C9H12FNO/c1-9(2,3)6-4-5-11-8(12)7(6)10/h4-5H,1-3H3,(H,11,12). The second kappa shape index (κ2) is 2.73. The van der Waals surface area contributed by atoms with Crippen LogP contribution in [-0.4, -0.2) is 4.98 Å². The van der Waals surface area contributed by atoms with Crippen LogP contribution >= 0.6 is 0 Å². The summed E-state index contributed by atoms with van der Waals surface area (Å²) in [6.07, 6.45) is 1.46. The molecule has 0 saturated carbocycles. The maximum Gasteiger partial charge on any atom is 0.284 e. The van der Waals surface area contributed by atoms with Crippen LogP contribution in [0.1, 0.15) is 26.3 Å². The highest BCUT2D eigenvalue weighted by Crippen LogP contribution is 2.22. The predicted octanol–water partition coefficient (Wildman–Crippen LogP) is 1.81. The number of aromatic nitrogens is 1. The van der Waals surface area contributed by atoms with Crippen molar-refractivity contribution in [2.45, 2.75) is 26.2 Å². The molecular formula is C9H12FNO. The minimum atomic E-state index is -0.676. The molecule has 1 aromatic heterocycles. The van der Waals surface area contributed by atoms with Crippen molar-refractivity contribution in [2.75, 3.05) is 0 Å². The Bertz CT molecular complexity index is 335. The van der Waals surface area contributed by atoms with E-state index in [9.17, 15) is 9.18 Å². The highest BCUT2D eigenvalue weighted by molar-refractivity contribution is 5.21. The molecule has 1 rings (SSSR count). The van der Waals surface area contributed by atoms with Crippen molar-refractivity contribution in [1.29, 1.82) is 0 Å². The van der Waals surface area contributed by atoms with E-state index in [1.807, 2.05) is 20.8 Å². The van der Waals surface area contributed by atoms with E-state index in [1.54, 1.807) is 6.07 Å². The van der Waals surface area contributed by atoms with E-state index in [0.717, 1.165) is 0 Å². The van der Waals surface area contributed by atoms with Crippen molar-refractivity contribution in [2.24, 2.45) is 0 Å². The van der Waals surface area contributed by atoms with Gasteiger partial charge in [-0.05, 0) is 11.5 Å². The zero-order valence-corrected chi connectivity index (χ0v) is 7.44. The lowest BCUT2D eigenvalue weighted by Crippen LogP contribution is -2.21. The fourth-order valence-electron chi connectivity index (χ4n) is 1.04. The van der Waals surface area contributed by atoms with Gasteiger partial charge in [0, 0.05) is 11.8 Å². The number of aromatic amines is 1. The second-order valence-electron chi connectivity index (χ2n) is 3.78. The quantitative estimate of drug-likeness (QED) is 0.631. The zero-order valence-electron chi connectivity index (χ0n) is 7.44.